The van der Waals surface area contributed by atoms with Crippen LogP contribution in [0.3, 0.4) is 0 Å². The van der Waals surface area contributed by atoms with Crippen LogP contribution < -0.4 is 14.8 Å². The summed E-state index contributed by atoms with van der Waals surface area (Å²) >= 11 is 12.1. The van der Waals surface area contributed by atoms with E-state index in [9.17, 15) is 20.2 Å². The summed E-state index contributed by atoms with van der Waals surface area (Å²) in [5, 5.41) is 24.2. The van der Waals surface area contributed by atoms with Gasteiger partial charge >= 0.3 is 0 Å². The minimum atomic E-state index is -0.786. The Bertz CT molecular complexity index is 1370. The van der Waals surface area contributed by atoms with Crippen LogP contribution in [-0.4, -0.2) is 17.9 Å². The van der Waals surface area contributed by atoms with Gasteiger partial charge in [-0.15, -0.1) is 0 Å². The number of nitriles is 1. The molecule has 0 aliphatic carbocycles. The van der Waals surface area contributed by atoms with Gasteiger partial charge in [-0.3, -0.25) is 14.9 Å². The number of benzene rings is 3. The Hall–Kier alpha value is -4.06. The van der Waals surface area contributed by atoms with Crippen LogP contribution in [0, 0.1) is 28.4 Å². The van der Waals surface area contributed by atoms with Crippen molar-refractivity contribution in [2.75, 3.05) is 12.4 Å². The summed E-state index contributed by atoms with van der Waals surface area (Å²) in [6.45, 7) is 1.83. The predicted octanol–water partition coefficient (Wildman–Crippen LogP) is 6.34. The molecule has 8 nitrogen and oxygen atoms in total. The molecule has 3 aromatic carbocycles. The number of amides is 1. The van der Waals surface area contributed by atoms with Gasteiger partial charge in [0, 0.05) is 21.7 Å². The van der Waals surface area contributed by atoms with Gasteiger partial charge in [-0.05, 0) is 54.5 Å². The molecule has 0 fully saturated rings. The number of hydrogen-bond acceptors (Lipinski definition) is 6. The SMILES string of the molecule is COc1ccc(/C=C(\C#N)C(=O)Nc2ccc(C)cc2[N+](=O)[O-])cc1OCc1ccc(Cl)cc1Cl. The van der Waals surface area contributed by atoms with Gasteiger partial charge in [0.25, 0.3) is 11.6 Å². The van der Waals surface area contributed by atoms with Gasteiger partial charge in [0.2, 0.25) is 0 Å². The molecule has 1 amide bonds. The van der Waals surface area contributed by atoms with Crippen molar-refractivity contribution in [2.45, 2.75) is 13.5 Å². The van der Waals surface area contributed by atoms with E-state index in [0.29, 0.717) is 38.2 Å². The van der Waals surface area contributed by atoms with E-state index in [1.54, 1.807) is 49.4 Å². The van der Waals surface area contributed by atoms with Gasteiger partial charge in [-0.25, -0.2) is 0 Å². The molecule has 0 spiro atoms. The average molecular weight is 512 g/mol. The molecule has 0 aliphatic rings. The topological polar surface area (TPSA) is 114 Å². The van der Waals surface area contributed by atoms with Crippen LogP contribution in [0.25, 0.3) is 6.08 Å². The Morgan fingerprint density at radius 1 is 1.14 bits per heavy atom. The van der Waals surface area contributed by atoms with Crippen LogP contribution in [0.4, 0.5) is 11.4 Å². The Morgan fingerprint density at radius 2 is 1.91 bits per heavy atom. The number of nitro groups is 1. The Labute approximate surface area is 211 Å². The van der Waals surface area contributed by atoms with E-state index in [1.165, 1.54) is 25.3 Å². The second kappa shape index (κ2) is 11.4. The lowest BCUT2D eigenvalue weighted by Crippen LogP contribution is -2.14. The van der Waals surface area contributed by atoms with Gasteiger partial charge in [-0.1, -0.05) is 41.4 Å². The molecule has 0 unspecified atom stereocenters. The van der Waals surface area contributed by atoms with E-state index < -0.39 is 10.8 Å². The molecule has 0 saturated heterocycles. The summed E-state index contributed by atoms with van der Waals surface area (Å²) in [6, 6.07) is 16.1. The highest BCUT2D eigenvalue weighted by Crippen LogP contribution is 2.31. The fraction of sp³-hybridized carbons (Fsp3) is 0.120. The molecule has 0 radical (unpaired) electrons. The molecule has 0 atom stereocenters. The first kappa shape index (κ1) is 25.6. The number of nitro benzene ring substituents is 1. The maximum absolute atomic E-state index is 12.7. The van der Waals surface area contributed by atoms with Crippen LogP contribution in [0.2, 0.25) is 10.0 Å². The highest BCUT2D eigenvalue weighted by molar-refractivity contribution is 6.35. The number of nitrogens with zero attached hydrogens (tertiary/aromatic N) is 2. The standard InChI is InChI=1S/C25H19Cl2N3O5/c1-15-3-7-21(22(9-15)30(32)33)29-25(31)18(13-28)10-16-4-8-23(34-2)24(11-16)35-14-17-5-6-19(26)12-20(17)27/h3-12H,14H2,1-2H3,(H,29,31)/b18-10+. The molecule has 0 aliphatic heterocycles. The fourth-order valence-electron chi connectivity index (χ4n) is 3.09. The summed E-state index contributed by atoms with van der Waals surface area (Å²) in [7, 11) is 1.48. The molecule has 35 heavy (non-hydrogen) atoms. The molecule has 3 rings (SSSR count). The normalized spacial score (nSPS) is 10.9. The quantitative estimate of drug-likeness (QED) is 0.163. The summed E-state index contributed by atoms with van der Waals surface area (Å²) < 4.78 is 11.2. The van der Waals surface area contributed by atoms with E-state index in [1.807, 2.05) is 6.07 Å². The third kappa shape index (κ3) is 6.51. The lowest BCUT2D eigenvalue weighted by atomic mass is 10.1. The Kier molecular flexibility index (Phi) is 8.31. The molecule has 1 N–H and O–H groups in total. The van der Waals surface area contributed by atoms with Crippen molar-refractivity contribution in [3.05, 3.63) is 97.0 Å². The van der Waals surface area contributed by atoms with Crippen molar-refractivity contribution in [1.29, 1.82) is 5.26 Å². The minimum Gasteiger partial charge on any atom is -0.493 e. The lowest BCUT2D eigenvalue weighted by molar-refractivity contribution is -0.384. The largest absolute Gasteiger partial charge is 0.493 e. The number of methoxy groups -OCH3 is 1. The van der Waals surface area contributed by atoms with Crippen molar-refractivity contribution in [3.8, 4) is 17.6 Å². The molecular weight excluding hydrogens is 493 g/mol. The molecular formula is C25H19Cl2N3O5. The predicted molar refractivity (Wildman–Crippen MR) is 134 cm³/mol. The Morgan fingerprint density at radius 3 is 2.57 bits per heavy atom. The van der Waals surface area contributed by atoms with E-state index in [2.05, 4.69) is 5.32 Å². The molecule has 10 heteroatoms. The van der Waals surface area contributed by atoms with Gasteiger partial charge in [-0.2, -0.15) is 5.26 Å². The number of aryl methyl sites for hydroxylation is 1. The van der Waals surface area contributed by atoms with E-state index in [4.69, 9.17) is 32.7 Å². The molecule has 0 bridgehead atoms. The number of nitrogens with one attached hydrogen (secondary N) is 1. The number of ether oxygens (including phenoxy) is 2. The number of anilines is 1. The van der Waals surface area contributed by atoms with Crippen molar-refractivity contribution in [1.82, 2.24) is 0 Å². The van der Waals surface area contributed by atoms with Gasteiger partial charge in [0.05, 0.1) is 12.0 Å². The molecule has 0 saturated carbocycles. The zero-order valence-corrected chi connectivity index (χ0v) is 20.2. The average Bonchev–Trinajstić information content (AvgIpc) is 2.83. The van der Waals surface area contributed by atoms with E-state index in [-0.39, 0.29) is 23.6 Å². The number of rotatable bonds is 8. The van der Waals surface area contributed by atoms with Crippen LogP contribution in [0.1, 0.15) is 16.7 Å². The zero-order valence-electron chi connectivity index (χ0n) is 18.7. The van der Waals surface area contributed by atoms with Gasteiger partial charge < -0.3 is 14.8 Å². The first-order valence-electron chi connectivity index (χ1n) is 10.1. The number of halogens is 2. The molecule has 3 aromatic rings. The smallest absolute Gasteiger partial charge is 0.293 e. The summed E-state index contributed by atoms with van der Waals surface area (Å²) in [4.78, 5) is 23.4. The maximum Gasteiger partial charge on any atom is 0.293 e. The molecule has 0 heterocycles. The lowest BCUT2D eigenvalue weighted by Gasteiger charge is -2.12. The molecule has 0 aromatic heterocycles. The van der Waals surface area contributed by atoms with Crippen LogP contribution in [-0.2, 0) is 11.4 Å². The third-order valence-electron chi connectivity index (χ3n) is 4.86. The first-order valence-corrected chi connectivity index (χ1v) is 10.9. The zero-order chi connectivity index (χ0) is 25.5. The van der Waals surface area contributed by atoms with Crippen molar-refractivity contribution in [3.63, 3.8) is 0 Å². The van der Waals surface area contributed by atoms with Crippen molar-refractivity contribution < 1.29 is 19.2 Å². The number of carbonyl (C=O) groups is 1. The second-order valence-corrected chi connectivity index (χ2v) is 8.18. The first-order chi connectivity index (χ1) is 16.7. The van der Waals surface area contributed by atoms with E-state index in [0.717, 1.165) is 0 Å². The van der Waals surface area contributed by atoms with Gasteiger partial charge in [0.1, 0.15) is 23.9 Å². The van der Waals surface area contributed by atoms with Crippen molar-refractivity contribution in [2.24, 2.45) is 0 Å². The maximum atomic E-state index is 12.7. The van der Waals surface area contributed by atoms with E-state index >= 15 is 0 Å². The number of hydrogen-bond donors (Lipinski definition) is 1. The summed E-state index contributed by atoms with van der Waals surface area (Å²) in [5.41, 5.74) is 1.32. The second-order valence-electron chi connectivity index (χ2n) is 7.34. The summed E-state index contributed by atoms with van der Waals surface area (Å²) in [6.07, 6.45) is 1.34. The highest BCUT2D eigenvalue weighted by atomic mass is 35.5. The Balaban J connectivity index is 1.85. The number of carbonyl (C=O) groups excluding carboxylic acids is 1. The summed E-state index contributed by atoms with van der Waals surface area (Å²) in [5.74, 6) is 0.00954. The third-order valence-corrected chi connectivity index (χ3v) is 5.45. The van der Waals surface area contributed by atoms with Crippen molar-refractivity contribution >= 4 is 46.6 Å². The van der Waals surface area contributed by atoms with Gasteiger partial charge in [0.15, 0.2) is 11.5 Å². The van der Waals surface area contributed by atoms with Crippen LogP contribution in [0.15, 0.2) is 60.2 Å². The highest BCUT2D eigenvalue weighted by Gasteiger charge is 2.18. The van der Waals surface area contributed by atoms with Crippen LogP contribution >= 0.6 is 23.2 Å². The monoisotopic (exact) mass is 511 g/mol. The van der Waals surface area contributed by atoms with Crippen LogP contribution in [0.5, 0.6) is 11.5 Å². The molecule has 178 valence electrons. The fourth-order valence-corrected chi connectivity index (χ4v) is 3.56. The minimum absolute atomic E-state index is 0.00894.